The fourth-order valence-corrected chi connectivity index (χ4v) is 3.75. The van der Waals surface area contributed by atoms with Gasteiger partial charge in [0.25, 0.3) is 0 Å². The molecule has 4 heteroatoms. The number of hydrogen-bond acceptors (Lipinski definition) is 2. The number of sulfonamides is 1. The molecule has 3 nitrogen and oxygen atoms in total. The Morgan fingerprint density at radius 1 is 1.35 bits per heavy atom. The first kappa shape index (κ1) is 12.6. The highest BCUT2D eigenvalue weighted by molar-refractivity contribution is 7.89. The predicted molar refractivity (Wildman–Crippen MR) is 69.3 cm³/mol. The van der Waals surface area contributed by atoms with E-state index in [9.17, 15) is 8.42 Å². The van der Waals surface area contributed by atoms with Crippen molar-refractivity contribution in [2.24, 2.45) is 0 Å². The molecule has 2 rings (SSSR count). The molecule has 94 valence electrons. The lowest BCUT2D eigenvalue weighted by molar-refractivity contribution is 0.552. The average molecular weight is 253 g/mol. The molecule has 1 aliphatic carbocycles. The first-order valence-corrected chi connectivity index (χ1v) is 7.85. The lowest BCUT2D eigenvalue weighted by Gasteiger charge is -2.14. The van der Waals surface area contributed by atoms with Gasteiger partial charge in [0.2, 0.25) is 10.0 Å². The van der Waals surface area contributed by atoms with Gasteiger partial charge in [-0.3, -0.25) is 0 Å². The van der Waals surface area contributed by atoms with Crippen molar-refractivity contribution in [1.82, 2.24) is 4.72 Å². The van der Waals surface area contributed by atoms with Gasteiger partial charge in [-0.25, -0.2) is 13.1 Å². The molecule has 1 N–H and O–H groups in total. The normalized spacial score (nSPS) is 19.2. The van der Waals surface area contributed by atoms with Crippen molar-refractivity contribution in [2.75, 3.05) is 5.75 Å². The SMILES string of the molecule is CCCCS(=O)(=O)N[C@H]1CCc2ccccc21. The molecule has 0 unspecified atom stereocenters. The van der Waals surface area contributed by atoms with Crippen LogP contribution in [0.5, 0.6) is 0 Å². The molecule has 1 aromatic carbocycles. The molecule has 0 amide bonds. The van der Waals surface area contributed by atoms with Crippen molar-refractivity contribution < 1.29 is 8.42 Å². The first-order chi connectivity index (χ1) is 8.12. The number of unbranched alkanes of at least 4 members (excludes halogenated alkanes) is 1. The van der Waals surface area contributed by atoms with E-state index >= 15 is 0 Å². The summed E-state index contributed by atoms with van der Waals surface area (Å²) in [4.78, 5) is 0. The fraction of sp³-hybridized carbons (Fsp3) is 0.538. The molecule has 0 saturated heterocycles. The van der Waals surface area contributed by atoms with Crippen LogP contribution in [-0.2, 0) is 16.4 Å². The van der Waals surface area contributed by atoms with Gasteiger partial charge in [-0.1, -0.05) is 37.6 Å². The summed E-state index contributed by atoms with van der Waals surface area (Å²) in [6.07, 6.45) is 3.48. The average Bonchev–Trinajstić information content (AvgIpc) is 2.70. The summed E-state index contributed by atoms with van der Waals surface area (Å²) >= 11 is 0. The standard InChI is InChI=1S/C13H19NO2S/c1-2-3-10-17(15,16)14-13-9-8-11-6-4-5-7-12(11)13/h4-7,13-14H,2-3,8-10H2,1H3/t13-/m0/s1. The van der Waals surface area contributed by atoms with Crippen LogP contribution in [0.15, 0.2) is 24.3 Å². The predicted octanol–water partition coefficient (Wildman–Crippen LogP) is 2.39. The second kappa shape index (κ2) is 5.19. The lowest BCUT2D eigenvalue weighted by Crippen LogP contribution is -2.29. The van der Waals surface area contributed by atoms with Crippen LogP contribution in [0.4, 0.5) is 0 Å². The highest BCUT2D eigenvalue weighted by Gasteiger charge is 2.25. The van der Waals surface area contributed by atoms with Gasteiger partial charge in [-0.2, -0.15) is 0 Å². The minimum atomic E-state index is -3.12. The van der Waals surface area contributed by atoms with Gasteiger partial charge in [0, 0.05) is 6.04 Å². The third kappa shape index (κ3) is 3.07. The van der Waals surface area contributed by atoms with Crippen LogP contribution in [0.25, 0.3) is 0 Å². The van der Waals surface area contributed by atoms with Gasteiger partial charge in [0.05, 0.1) is 5.75 Å². The van der Waals surface area contributed by atoms with E-state index in [2.05, 4.69) is 10.8 Å². The molecule has 1 atom stereocenters. The monoisotopic (exact) mass is 253 g/mol. The van der Waals surface area contributed by atoms with Gasteiger partial charge < -0.3 is 0 Å². The van der Waals surface area contributed by atoms with Crippen LogP contribution in [0.2, 0.25) is 0 Å². The maximum absolute atomic E-state index is 11.8. The molecule has 1 aliphatic rings. The molecular formula is C13H19NO2S. The Labute approximate surface area is 103 Å². The van der Waals surface area contributed by atoms with Crippen LogP contribution in [0.1, 0.15) is 43.4 Å². The number of benzene rings is 1. The molecular weight excluding hydrogens is 234 g/mol. The quantitative estimate of drug-likeness (QED) is 0.876. The van der Waals surface area contributed by atoms with Gasteiger partial charge >= 0.3 is 0 Å². The summed E-state index contributed by atoms with van der Waals surface area (Å²) < 4.78 is 26.5. The molecule has 0 saturated carbocycles. The van der Waals surface area contributed by atoms with E-state index in [-0.39, 0.29) is 11.8 Å². The number of hydrogen-bond donors (Lipinski definition) is 1. The van der Waals surface area contributed by atoms with Gasteiger partial charge in [0.1, 0.15) is 0 Å². The molecule has 17 heavy (non-hydrogen) atoms. The van der Waals surface area contributed by atoms with E-state index in [1.807, 2.05) is 25.1 Å². The van der Waals surface area contributed by atoms with Crippen LogP contribution in [0.3, 0.4) is 0 Å². The summed E-state index contributed by atoms with van der Waals surface area (Å²) in [6.45, 7) is 2.00. The molecule has 0 spiro atoms. The molecule has 0 fully saturated rings. The van der Waals surface area contributed by atoms with E-state index < -0.39 is 10.0 Å². The molecule has 0 radical (unpaired) electrons. The minimum absolute atomic E-state index is 0.0203. The van der Waals surface area contributed by atoms with Crippen molar-refractivity contribution in [3.05, 3.63) is 35.4 Å². The third-order valence-electron chi connectivity index (χ3n) is 3.22. The maximum atomic E-state index is 11.8. The van der Waals surface area contributed by atoms with Crippen molar-refractivity contribution in [2.45, 2.75) is 38.6 Å². The summed E-state index contributed by atoms with van der Waals surface area (Å²) in [5.74, 6) is 0.238. The van der Waals surface area contributed by atoms with Gasteiger partial charge in [-0.15, -0.1) is 0 Å². The van der Waals surface area contributed by atoms with Crippen molar-refractivity contribution in [3.63, 3.8) is 0 Å². The van der Waals surface area contributed by atoms with Crippen molar-refractivity contribution >= 4 is 10.0 Å². The largest absolute Gasteiger partial charge is 0.212 e. The molecule has 0 heterocycles. The highest BCUT2D eigenvalue weighted by atomic mass is 32.2. The zero-order chi connectivity index (χ0) is 12.3. The summed E-state index contributed by atoms with van der Waals surface area (Å²) in [6, 6.07) is 8.06. The zero-order valence-electron chi connectivity index (χ0n) is 10.1. The highest BCUT2D eigenvalue weighted by Crippen LogP contribution is 2.31. The Kier molecular flexibility index (Phi) is 3.84. The molecule has 1 aromatic rings. The number of fused-ring (bicyclic) bond motifs is 1. The van der Waals surface area contributed by atoms with E-state index in [0.29, 0.717) is 0 Å². The molecule has 0 bridgehead atoms. The van der Waals surface area contributed by atoms with Crippen LogP contribution >= 0.6 is 0 Å². The maximum Gasteiger partial charge on any atom is 0.212 e. The third-order valence-corrected chi connectivity index (χ3v) is 4.69. The minimum Gasteiger partial charge on any atom is -0.212 e. The molecule has 0 aliphatic heterocycles. The van der Waals surface area contributed by atoms with E-state index in [1.54, 1.807) is 0 Å². The van der Waals surface area contributed by atoms with Gasteiger partial charge in [-0.05, 0) is 30.4 Å². The Bertz CT molecular complexity index is 482. The summed E-state index contributed by atoms with van der Waals surface area (Å²) in [5.41, 5.74) is 2.42. The smallest absolute Gasteiger partial charge is 0.212 e. The Morgan fingerprint density at radius 2 is 2.12 bits per heavy atom. The Morgan fingerprint density at radius 3 is 2.88 bits per heavy atom. The number of aryl methyl sites for hydroxylation is 1. The zero-order valence-corrected chi connectivity index (χ0v) is 11.0. The second-order valence-electron chi connectivity index (χ2n) is 4.58. The fourth-order valence-electron chi connectivity index (χ4n) is 2.29. The Hall–Kier alpha value is -0.870. The van der Waals surface area contributed by atoms with E-state index in [0.717, 1.165) is 31.2 Å². The van der Waals surface area contributed by atoms with Crippen LogP contribution < -0.4 is 4.72 Å². The van der Waals surface area contributed by atoms with Crippen LogP contribution in [0, 0.1) is 0 Å². The van der Waals surface area contributed by atoms with E-state index in [4.69, 9.17) is 0 Å². The Balaban J connectivity index is 2.07. The molecule has 0 aromatic heterocycles. The number of rotatable bonds is 5. The summed E-state index contributed by atoms with van der Waals surface area (Å²) in [5, 5.41) is 0. The second-order valence-corrected chi connectivity index (χ2v) is 6.45. The van der Waals surface area contributed by atoms with Crippen LogP contribution in [-0.4, -0.2) is 14.2 Å². The van der Waals surface area contributed by atoms with Gasteiger partial charge in [0.15, 0.2) is 0 Å². The first-order valence-electron chi connectivity index (χ1n) is 6.20. The van der Waals surface area contributed by atoms with Crippen molar-refractivity contribution in [1.29, 1.82) is 0 Å². The summed E-state index contributed by atoms with van der Waals surface area (Å²) in [7, 11) is -3.12. The lowest BCUT2D eigenvalue weighted by atomic mass is 10.1. The van der Waals surface area contributed by atoms with Crippen molar-refractivity contribution in [3.8, 4) is 0 Å². The van der Waals surface area contributed by atoms with E-state index in [1.165, 1.54) is 5.56 Å². The topological polar surface area (TPSA) is 46.2 Å². The number of nitrogens with one attached hydrogen (secondary N) is 1.